The zero-order valence-corrected chi connectivity index (χ0v) is 6.79. The van der Waals surface area contributed by atoms with Gasteiger partial charge in [-0.25, -0.2) is 4.98 Å². The third-order valence-electron chi connectivity index (χ3n) is 2.26. The van der Waals surface area contributed by atoms with Crippen molar-refractivity contribution in [3.8, 4) is 0 Å². The molecule has 1 aliphatic rings. The van der Waals surface area contributed by atoms with Crippen LogP contribution in [0.2, 0.25) is 0 Å². The number of H-pyrrole nitrogens is 1. The van der Waals surface area contributed by atoms with Crippen LogP contribution in [0.3, 0.4) is 0 Å². The molecule has 0 spiro atoms. The Balaban J connectivity index is 2.19. The molecule has 0 radical (unpaired) electrons. The van der Waals surface area contributed by atoms with Crippen molar-refractivity contribution in [2.75, 3.05) is 13.2 Å². The molecule has 2 heterocycles. The molecule has 4 nitrogen and oxygen atoms in total. The second-order valence-electron chi connectivity index (χ2n) is 3.08. The van der Waals surface area contributed by atoms with E-state index in [1.807, 2.05) is 0 Å². The second-order valence-corrected chi connectivity index (χ2v) is 3.08. The van der Waals surface area contributed by atoms with Crippen LogP contribution in [0.4, 0.5) is 0 Å². The van der Waals surface area contributed by atoms with E-state index in [0.29, 0.717) is 31.9 Å². The van der Waals surface area contributed by atoms with Crippen LogP contribution < -0.4 is 0 Å². The number of aromatic amines is 1. The molecule has 0 amide bonds. The Morgan fingerprint density at radius 1 is 1.50 bits per heavy atom. The number of rotatable bonds is 1. The fourth-order valence-electron chi connectivity index (χ4n) is 1.47. The van der Waals surface area contributed by atoms with E-state index < -0.39 is 5.60 Å². The minimum absolute atomic E-state index is 0.608. The highest BCUT2D eigenvalue weighted by atomic mass is 16.5. The Kier molecular flexibility index (Phi) is 1.86. The molecule has 1 aliphatic heterocycles. The summed E-state index contributed by atoms with van der Waals surface area (Å²) in [6.45, 7) is 1.22. The fourth-order valence-corrected chi connectivity index (χ4v) is 1.47. The average Bonchev–Trinajstić information content (AvgIpc) is 2.58. The van der Waals surface area contributed by atoms with E-state index in [2.05, 4.69) is 9.97 Å². The van der Waals surface area contributed by atoms with Gasteiger partial charge in [0, 0.05) is 38.4 Å². The van der Waals surface area contributed by atoms with Gasteiger partial charge >= 0.3 is 0 Å². The molecule has 0 atom stereocenters. The summed E-state index contributed by atoms with van der Waals surface area (Å²) >= 11 is 0. The van der Waals surface area contributed by atoms with E-state index in [4.69, 9.17) is 4.74 Å². The predicted molar refractivity (Wildman–Crippen MR) is 42.5 cm³/mol. The number of hydrogen-bond donors (Lipinski definition) is 2. The molecule has 66 valence electrons. The van der Waals surface area contributed by atoms with Crippen LogP contribution >= 0.6 is 0 Å². The Morgan fingerprint density at radius 3 is 2.83 bits per heavy atom. The van der Waals surface area contributed by atoms with E-state index >= 15 is 0 Å². The maximum atomic E-state index is 10.1. The highest BCUT2D eigenvalue weighted by Gasteiger charge is 2.33. The number of aliphatic hydroxyl groups is 1. The van der Waals surface area contributed by atoms with Crippen molar-refractivity contribution in [1.82, 2.24) is 9.97 Å². The van der Waals surface area contributed by atoms with E-state index in [-0.39, 0.29) is 0 Å². The largest absolute Gasteiger partial charge is 0.382 e. The van der Waals surface area contributed by atoms with Gasteiger partial charge in [-0.3, -0.25) is 0 Å². The van der Waals surface area contributed by atoms with Gasteiger partial charge in [0.05, 0.1) is 0 Å². The molecule has 2 rings (SSSR count). The van der Waals surface area contributed by atoms with Crippen molar-refractivity contribution >= 4 is 0 Å². The average molecular weight is 168 g/mol. The number of nitrogens with one attached hydrogen (secondary N) is 1. The molecule has 0 bridgehead atoms. The molecule has 4 heteroatoms. The molecule has 1 fully saturated rings. The van der Waals surface area contributed by atoms with Crippen LogP contribution in [0.5, 0.6) is 0 Å². The lowest BCUT2D eigenvalue weighted by atomic mass is 9.94. The van der Waals surface area contributed by atoms with Crippen molar-refractivity contribution in [2.24, 2.45) is 0 Å². The molecule has 1 saturated heterocycles. The van der Waals surface area contributed by atoms with Crippen LogP contribution in [0, 0.1) is 0 Å². The molecule has 0 unspecified atom stereocenters. The zero-order valence-electron chi connectivity index (χ0n) is 6.79. The number of aromatic nitrogens is 2. The van der Waals surface area contributed by atoms with E-state index in [1.165, 1.54) is 0 Å². The predicted octanol–water partition coefficient (Wildman–Crippen LogP) is 0.408. The van der Waals surface area contributed by atoms with E-state index in [1.54, 1.807) is 12.4 Å². The quantitative estimate of drug-likeness (QED) is 0.638. The van der Waals surface area contributed by atoms with Crippen molar-refractivity contribution in [3.05, 3.63) is 18.2 Å². The third-order valence-corrected chi connectivity index (χ3v) is 2.26. The first kappa shape index (κ1) is 7.76. The SMILES string of the molecule is OC1(c2ncc[nH]2)CCOCC1. The highest BCUT2D eigenvalue weighted by Crippen LogP contribution is 2.28. The van der Waals surface area contributed by atoms with Crippen LogP contribution in [0.1, 0.15) is 18.7 Å². The first-order valence-electron chi connectivity index (χ1n) is 4.11. The van der Waals surface area contributed by atoms with E-state index in [0.717, 1.165) is 0 Å². The summed E-state index contributed by atoms with van der Waals surface area (Å²) in [5.74, 6) is 0.658. The monoisotopic (exact) mass is 168 g/mol. The summed E-state index contributed by atoms with van der Waals surface area (Å²) in [6, 6.07) is 0. The maximum absolute atomic E-state index is 10.1. The lowest BCUT2D eigenvalue weighted by Crippen LogP contribution is -2.34. The van der Waals surface area contributed by atoms with E-state index in [9.17, 15) is 5.11 Å². The summed E-state index contributed by atoms with van der Waals surface area (Å²) in [6.07, 6.45) is 4.63. The van der Waals surface area contributed by atoms with Gasteiger partial charge < -0.3 is 14.8 Å². The molecular weight excluding hydrogens is 156 g/mol. The fraction of sp³-hybridized carbons (Fsp3) is 0.625. The second kappa shape index (κ2) is 2.88. The van der Waals surface area contributed by atoms with Crippen molar-refractivity contribution < 1.29 is 9.84 Å². The minimum atomic E-state index is -0.790. The molecule has 2 N–H and O–H groups in total. The van der Waals surface area contributed by atoms with Crippen LogP contribution in [0.15, 0.2) is 12.4 Å². The summed E-state index contributed by atoms with van der Waals surface area (Å²) in [7, 11) is 0. The molecule has 0 saturated carbocycles. The molecule has 1 aromatic rings. The van der Waals surface area contributed by atoms with Crippen molar-refractivity contribution in [2.45, 2.75) is 18.4 Å². The van der Waals surface area contributed by atoms with Crippen LogP contribution in [-0.2, 0) is 10.3 Å². The third kappa shape index (κ3) is 1.23. The van der Waals surface area contributed by atoms with Crippen LogP contribution in [-0.4, -0.2) is 28.3 Å². The Labute approximate surface area is 70.6 Å². The smallest absolute Gasteiger partial charge is 0.138 e. The Morgan fingerprint density at radius 2 is 2.25 bits per heavy atom. The highest BCUT2D eigenvalue weighted by molar-refractivity contribution is 5.02. The number of nitrogens with zero attached hydrogens (tertiary/aromatic N) is 1. The lowest BCUT2D eigenvalue weighted by molar-refractivity contribution is -0.0729. The Hall–Kier alpha value is -0.870. The molecule has 12 heavy (non-hydrogen) atoms. The van der Waals surface area contributed by atoms with Crippen molar-refractivity contribution in [1.29, 1.82) is 0 Å². The maximum Gasteiger partial charge on any atom is 0.138 e. The van der Waals surface area contributed by atoms with Crippen molar-refractivity contribution in [3.63, 3.8) is 0 Å². The van der Waals surface area contributed by atoms with Gasteiger partial charge in [-0.05, 0) is 0 Å². The Bertz CT molecular complexity index is 240. The van der Waals surface area contributed by atoms with Gasteiger partial charge in [0.1, 0.15) is 11.4 Å². The summed E-state index contributed by atoms with van der Waals surface area (Å²) in [4.78, 5) is 6.98. The molecular formula is C8H12N2O2. The summed E-state index contributed by atoms with van der Waals surface area (Å²) in [5, 5.41) is 10.1. The number of imidazole rings is 1. The normalized spacial score (nSPS) is 22.4. The zero-order chi connectivity index (χ0) is 8.44. The molecule has 0 aliphatic carbocycles. The number of ether oxygens (including phenoxy) is 1. The lowest BCUT2D eigenvalue weighted by Gasteiger charge is -2.29. The number of hydrogen-bond acceptors (Lipinski definition) is 3. The summed E-state index contributed by atoms with van der Waals surface area (Å²) in [5.41, 5.74) is -0.790. The van der Waals surface area contributed by atoms with Gasteiger partial charge in [-0.2, -0.15) is 0 Å². The van der Waals surface area contributed by atoms with Gasteiger partial charge in [-0.1, -0.05) is 0 Å². The first-order chi connectivity index (χ1) is 5.81. The standard InChI is InChI=1S/C8H12N2O2/c11-8(1-5-12-6-2-8)7-9-3-4-10-7/h3-4,11H,1-2,5-6H2,(H,9,10). The first-order valence-corrected chi connectivity index (χ1v) is 4.11. The summed E-state index contributed by atoms with van der Waals surface area (Å²) < 4.78 is 5.16. The van der Waals surface area contributed by atoms with Gasteiger partial charge in [0.25, 0.3) is 0 Å². The molecule has 0 aromatic carbocycles. The molecule has 1 aromatic heterocycles. The van der Waals surface area contributed by atoms with Gasteiger partial charge in [-0.15, -0.1) is 0 Å². The minimum Gasteiger partial charge on any atom is -0.382 e. The van der Waals surface area contributed by atoms with Gasteiger partial charge in [0.2, 0.25) is 0 Å². The van der Waals surface area contributed by atoms with Crippen LogP contribution in [0.25, 0.3) is 0 Å². The van der Waals surface area contributed by atoms with Gasteiger partial charge in [0.15, 0.2) is 0 Å². The topological polar surface area (TPSA) is 58.1 Å².